The lowest BCUT2D eigenvalue weighted by Crippen LogP contribution is -2.54. The van der Waals surface area contributed by atoms with Gasteiger partial charge in [-0.2, -0.15) is 0 Å². The fourth-order valence-electron chi connectivity index (χ4n) is 6.67. The number of amides is 1. The minimum absolute atomic E-state index is 0.0101. The molecular weight excluding hydrogens is 542 g/mol. The number of piperidine rings is 1. The number of carbonyl (C=O) groups is 1. The summed E-state index contributed by atoms with van der Waals surface area (Å²) < 4.78 is 5.95. The minimum Gasteiger partial charge on any atom is -0.492 e. The fraction of sp³-hybridized carbons (Fsp3) is 0.375. The van der Waals surface area contributed by atoms with Crippen LogP contribution in [0, 0.1) is 5.41 Å². The number of hydrogen-bond acceptors (Lipinski definition) is 10. The summed E-state index contributed by atoms with van der Waals surface area (Å²) >= 11 is 0. The Morgan fingerprint density at radius 3 is 2.72 bits per heavy atom. The molecule has 5 heterocycles. The molecular formula is C32H35N9O2. The summed E-state index contributed by atoms with van der Waals surface area (Å²) in [7, 11) is 0. The van der Waals surface area contributed by atoms with E-state index in [9.17, 15) is 4.79 Å². The van der Waals surface area contributed by atoms with Gasteiger partial charge in [0.25, 0.3) is 5.91 Å². The van der Waals surface area contributed by atoms with Gasteiger partial charge in [-0.25, -0.2) is 24.9 Å². The zero-order chi connectivity index (χ0) is 29.2. The van der Waals surface area contributed by atoms with Gasteiger partial charge in [-0.1, -0.05) is 12.1 Å². The van der Waals surface area contributed by atoms with Crippen LogP contribution in [0.1, 0.15) is 52.7 Å². The Balaban J connectivity index is 0.925. The number of likely N-dealkylation sites (tertiary alicyclic amines) is 1. The first kappa shape index (κ1) is 27.2. The van der Waals surface area contributed by atoms with Crippen molar-refractivity contribution in [2.45, 2.75) is 51.2 Å². The predicted octanol–water partition coefficient (Wildman–Crippen LogP) is 3.63. The summed E-state index contributed by atoms with van der Waals surface area (Å²) in [5.74, 6) is 1.75. The molecule has 3 aliphatic rings. The van der Waals surface area contributed by atoms with E-state index in [1.165, 1.54) is 12.8 Å². The molecule has 11 heteroatoms. The highest BCUT2D eigenvalue weighted by Gasteiger charge is 2.46. The molecule has 11 nitrogen and oxygen atoms in total. The van der Waals surface area contributed by atoms with Crippen LogP contribution in [0.5, 0.6) is 5.75 Å². The van der Waals surface area contributed by atoms with E-state index in [1.807, 2.05) is 36.7 Å². The zero-order valence-corrected chi connectivity index (χ0v) is 24.0. The summed E-state index contributed by atoms with van der Waals surface area (Å²) in [5.41, 5.74) is 11.5. The van der Waals surface area contributed by atoms with E-state index >= 15 is 0 Å². The Morgan fingerprint density at radius 2 is 1.91 bits per heavy atom. The van der Waals surface area contributed by atoms with Crippen LogP contribution in [0.25, 0.3) is 11.3 Å². The van der Waals surface area contributed by atoms with Gasteiger partial charge in [0.1, 0.15) is 17.9 Å². The van der Waals surface area contributed by atoms with Crippen molar-refractivity contribution in [1.82, 2.24) is 35.1 Å². The summed E-state index contributed by atoms with van der Waals surface area (Å²) in [6.07, 6.45) is 14.0. The van der Waals surface area contributed by atoms with Crippen molar-refractivity contribution >= 4 is 17.7 Å². The van der Waals surface area contributed by atoms with E-state index in [2.05, 4.69) is 40.5 Å². The van der Waals surface area contributed by atoms with Gasteiger partial charge in [0.05, 0.1) is 17.9 Å². The lowest BCUT2D eigenvalue weighted by Gasteiger charge is -2.52. The Hall–Kier alpha value is -4.64. The molecule has 2 aliphatic heterocycles. The highest BCUT2D eigenvalue weighted by molar-refractivity contribution is 5.94. The Kier molecular flexibility index (Phi) is 7.32. The molecule has 4 aromatic rings. The first-order valence-corrected chi connectivity index (χ1v) is 14.9. The Morgan fingerprint density at radius 1 is 1.07 bits per heavy atom. The fourth-order valence-corrected chi connectivity index (χ4v) is 6.67. The minimum atomic E-state index is -0.0101. The van der Waals surface area contributed by atoms with Crippen molar-refractivity contribution in [1.29, 1.82) is 0 Å². The van der Waals surface area contributed by atoms with Crippen LogP contribution in [0.15, 0.2) is 61.4 Å². The van der Waals surface area contributed by atoms with Gasteiger partial charge in [-0.05, 0) is 68.0 Å². The van der Waals surface area contributed by atoms with E-state index in [4.69, 9.17) is 10.5 Å². The molecule has 220 valence electrons. The summed E-state index contributed by atoms with van der Waals surface area (Å²) in [5, 5.41) is 6.73. The second-order valence-electron chi connectivity index (χ2n) is 11.9. The maximum absolute atomic E-state index is 13.2. The second kappa shape index (κ2) is 11.6. The predicted molar refractivity (Wildman–Crippen MR) is 162 cm³/mol. The maximum atomic E-state index is 13.2. The molecule has 7 rings (SSSR count). The third-order valence-electron chi connectivity index (χ3n) is 8.96. The van der Waals surface area contributed by atoms with Gasteiger partial charge in [0.2, 0.25) is 5.95 Å². The van der Waals surface area contributed by atoms with Crippen LogP contribution in [0.2, 0.25) is 0 Å². The second-order valence-corrected chi connectivity index (χ2v) is 11.9. The number of hydrogen-bond donors (Lipinski definition) is 3. The number of aromatic nitrogens is 5. The van der Waals surface area contributed by atoms with Gasteiger partial charge in [0.15, 0.2) is 0 Å². The van der Waals surface area contributed by atoms with Crippen LogP contribution >= 0.6 is 0 Å². The smallest absolute Gasteiger partial charge is 0.251 e. The van der Waals surface area contributed by atoms with Crippen molar-refractivity contribution in [3.63, 3.8) is 0 Å². The average Bonchev–Trinajstić information content (AvgIpc) is 3.51. The largest absolute Gasteiger partial charge is 0.492 e. The van der Waals surface area contributed by atoms with E-state index in [1.54, 1.807) is 24.8 Å². The zero-order valence-electron chi connectivity index (χ0n) is 24.0. The molecule has 1 saturated heterocycles. The number of fused-ring (bicyclic) bond motifs is 1. The summed E-state index contributed by atoms with van der Waals surface area (Å²) in [6.45, 7) is 4.18. The van der Waals surface area contributed by atoms with Crippen LogP contribution in [0.3, 0.4) is 0 Å². The molecule has 0 bridgehead atoms. The number of anilines is 2. The number of nitrogens with one attached hydrogen (secondary N) is 2. The number of pyridine rings is 1. The SMILES string of the molecule is Nc1nccc(-c2cnc(NCc3cccc(C(=O)NC4CC5(CCN(Cc6cncnc6)CC5)C4)c3)c3c2OCC3)n1. The molecule has 0 atom stereocenters. The van der Waals surface area contributed by atoms with Gasteiger partial charge in [0, 0.05) is 67.0 Å². The lowest BCUT2D eigenvalue weighted by atomic mass is 9.60. The topological polar surface area (TPSA) is 144 Å². The maximum Gasteiger partial charge on any atom is 0.251 e. The van der Waals surface area contributed by atoms with Crippen LogP contribution in [-0.2, 0) is 19.5 Å². The van der Waals surface area contributed by atoms with Gasteiger partial charge in [-0.15, -0.1) is 0 Å². The molecule has 3 aromatic heterocycles. The number of rotatable bonds is 8. The van der Waals surface area contributed by atoms with Gasteiger partial charge >= 0.3 is 0 Å². The Bertz CT molecular complexity index is 1610. The number of carbonyl (C=O) groups excluding carboxylic acids is 1. The highest BCUT2D eigenvalue weighted by atomic mass is 16.5. The molecule has 1 amide bonds. The normalized spacial score (nSPS) is 17.6. The third-order valence-corrected chi connectivity index (χ3v) is 8.96. The number of benzene rings is 1. The van der Waals surface area contributed by atoms with Crippen molar-refractivity contribution in [2.24, 2.45) is 5.41 Å². The van der Waals surface area contributed by atoms with Crippen LogP contribution in [0.4, 0.5) is 11.8 Å². The number of nitrogen functional groups attached to an aromatic ring is 1. The van der Waals surface area contributed by atoms with E-state index in [0.717, 1.165) is 72.7 Å². The first-order chi connectivity index (χ1) is 21.0. The molecule has 0 unspecified atom stereocenters. The monoisotopic (exact) mass is 577 g/mol. The molecule has 43 heavy (non-hydrogen) atoms. The molecule has 0 radical (unpaired) electrons. The van der Waals surface area contributed by atoms with E-state index in [0.29, 0.717) is 29.8 Å². The average molecular weight is 578 g/mol. The molecule has 4 N–H and O–H groups in total. The van der Waals surface area contributed by atoms with Gasteiger partial charge in [-0.3, -0.25) is 9.69 Å². The summed E-state index contributed by atoms with van der Waals surface area (Å²) in [4.78, 5) is 36.9. The molecule has 1 aliphatic carbocycles. The number of nitrogens with zero attached hydrogens (tertiary/aromatic N) is 6. The third kappa shape index (κ3) is 5.85. The number of ether oxygens (including phenoxy) is 1. The van der Waals surface area contributed by atoms with Crippen molar-refractivity contribution in [3.05, 3.63) is 83.7 Å². The quantitative estimate of drug-likeness (QED) is 0.284. The highest BCUT2D eigenvalue weighted by Crippen LogP contribution is 2.49. The van der Waals surface area contributed by atoms with Crippen molar-refractivity contribution in [3.8, 4) is 17.0 Å². The first-order valence-electron chi connectivity index (χ1n) is 14.9. The summed E-state index contributed by atoms with van der Waals surface area (Å²) in [6, 6.07) is 9.83. The molecule has 1 spiro atoms. The van der Waals surface area contributed by atoms with E-state index in [-0.39, 0.29) is 17.9 Å². The van der Waals surface area contributed by atoms with E-state index < -0.39 is 0 Å². The molecule has 1 saturated carbocycles. The van der Waals surface area contributed by atoms with Crippen molar-refractivity contribution < 1.29 is 9.53 Å². The lowest BCUT2D eigenvalue weighted by molar-refractivity contribution is 0.00463. The van der Waals surface area contributed by atoms with Gasteiger partial charge < -0.3 is 21.1 Å². The van der Waals surface area contributed by atoms with Crippen LogP contribution < -0.4 is 21.1 Å². The molecule has 1 aromatic carbocycles. The standard InChI is InChI=1S/C32H35N9O2/c33-31-36-8-4-27(40-31)26-18-38-29(25-5-11-43-28(25)26)37-17-21-2-1-3-23(12-21)30(42)39-24-13-32(14-24)6-9-41(10-7-32)19-22-15-34-20-35-16-22/h1-4,8,12,15-16,18,20,24H,5-7,9-11,13-14,17,19H2,(H,37,38)(H,39,42)(H2,33,36,40). The number of nitrogens with two attached hydrogens (primary N) is 1. The molecule has 2 fully saturated rings. The van der Waals surface area contributed by atoms with Crippen LogP contribution in [-0.4, -0.2) is 61.5 Å². The van der Waals surface area contributed by atoms with Crippen molar-refractivity contribution in [2.75, 3.05) is 30.7 Å². The Labute approximate surface area is 250 Å².